The van der Waals surface area contributed by atoms with Crippen LogP contribution in [-0.2, 0) is 0 Å². The van der Waals surface area contributed by atoms with Gasteiger partial charge >= 0.3 is 0 Å². The molecule has 0 saturated heterocycles. The molecule has 1 aromatic carbocycles. The van der Waals surface area contributed by atoms with Gasteiger partial charge in [0.15, 0.2) is 0 Å². The van der Waals surface area contributed by atoms with Crippen LogP contribution in [-0.4, -0.2) is 18.1 Å². The Morgan fingerprint density at radius 1 is 1.32 bits per heavy atom. The summed E-state index contributed by atoms with van der Waals surface area (Å²) in [6.07, 6.45) is 6.77. The van der Waals surface area contributed by atoms with Crippen LogP contribution in [0.2, 0.25) is 0 Å². The van der Waals surface area contributed by atoms with Gasteiger partial charge < -0.3 is 5.32 Å². The molecule has 1 N–H and O–H groups in total. The van der Waals surface area contributed by atoms with Gasteiger partial charge in [0.2, 0.25) is 0 Å². The van der Waals surface area contributed by atoms with Gasteiger partial charge in [-0.05, 0) is 32.9 Å². The number of thioether (sulfide) groups is 1. The Kier molecular flexibility index (Phi) is 5.71. The quantitative estimate of drug-likeness (QED) is 0.855. The Hall–Kier alpha value is -0.540. The molecule has 0 bridgehead atoms. The third-order valence-corrected chi connectivity index (χ3v) is 5.39. The molecule has 2 rings (SSSR count). The van der Waals surface area contributed by atoms with Gasteiger partial charge in [-0.3, -0.25) is 0 Å². The van der Waals surface area contributed by atoms with E-state index in [0.29, 0.717) is 0 Å². The molecule has 1 fully saturated rings. The van der Waals surface area contributed by atoms with Gasteiger partial charge in [0.1, 0.15) is 5.82 Å². The molecule has 0 heterocycles. The maximum atomic E-state index is 13.9. The zero-order chi connectivity index (χ0) is 13.7. The van der Waals surface area contributed by atoms with Gasteiger partial charge in [-0.25, -0.2) is 4.39 Å². The van der Waals surface area contributed by atoms with Gasteiger partial charge in [0.25, 0.3) is 0 Å². The van der Waals surface area contributed by atoms with E-state index in [1.54, 1.807) is 6.07 Å². The molecule has 0 amide bonds. The van der Waals surface area contributed by atoms with E-state index in [4.69, 9.17) is 0 Å². The lowest BCUT2D eigenvalue weighted by atomic mass is 10.0. The highest BCUT2D eigenvalue weighted by Crippen LogP contribution is 2.31. The van der Waals surface area contributed by atoms with Crippen molar-refractivity contribution in [2.45, 2.75) is 50.3 Å². The average Bonchev–Trinajstić information content (AvgIpc) is 2.44. The predicted molar refractivity (Wildman–Crippen MR) is 82.3 cm³/mol. The summed E-state index contributed by atoms with van der Waals surface area (Å²) in [5.41, 5.74) is 1.94. The predicted octanol–water partition coefficient (Wildman–Crippen LogP) is 4.46. The van der Waals surface area contributed by atoms with Crippen molar-refractivity contribution in [3.63, 3.8) is 0 Å². The van der Waals surface area contributed by atoms with Crippen molar-refractivity contribution in [2.24, 2.45) is 0 Å². The fourth-order valence-corrected chi connectivity index (χ4v) is 4.20. The average molecular weight is 281 g/mol. The molecule has 1 atom stereocenters. The first-order chi connectivity index (χ1) is 9.20. The third kappa shape index (κ3) is 4.22. The van der Waals surface area contributed by atoms with Gasteiger partial charge in [-0.2, -0.15) is 11.8 Å². The topological polar surface area (TPSA) is 12.0 Å². The summed E-state index contributed by atoms with van der Waals surface area (Å²) >= 11 is 2.01. The summed E-state index contributed by atoms with van der Waals surface area (Å²) in [6.45, 7) is 2.02. The lowest BCUT2D eigenvalue weighted by Gasteiger charge is -2.24. The molecule has 0 aromatic heterocycles. The van der Waals surface area contributed by atoms with E-state index < -0.39 is 0 Å². The maximum absolute atomic E-state index is 13.9. The van der Waals surface area contributed by atoms with E-state index in [0.717, 1.165) is 22.1 Å². The highest BCUT2D eigenvalue weighted by atomic mass is 32.2. The minimum Gasteiger partial charge on any atom is -0.312 e. The smallest absolute Gasteiger partial charge is 0.128 e. The number of aryl methyl sites for hydroxylation is 1. The van der Waals surface area contributed by atoms with Crippen LogP contribution in [0.1, 0.15) is 49.3 Å². The van der Waals surface area contributed by atoms with Crippen molar-refractivity contribution in [3.8, 4) is 0 Å². The van der Waals surface area contributed by atoms with Crippen LogP contribution in [0.25, 0.3) is 0 Å². The third-order valence-electron chi connectivity index (χ3n) is 3.93. The van der Waals surface area contributed by atoms with Crippen LogP contribution in [0.3, 0.4) is 0 Å². The van der Waals surface area contributed by atoms with Crippen molar-refractivity contribution in [2.75, 3.05) is 12.8 Å². The van der Waals surface area contributed by atoms with E-state index >= 15 is 0 Å². The molecule has 1 aliphatic rings. The van der Waals surface area contributed by atoms with Crippen molar-refractivity contribution in [3.05, 3.63) is 35.1 Å². The Labute approximate surface area is 120 Å². The second kappa shape index (κ2) is 7.30. The van der Waals surface area contributed by atoms with Crippen molar-refractivity contribution in [1.29, 1.82) is 0 Å². The van der Waals surface area contributed by atoms with E-state index in [9.17, 15) is 4.39 Å². The molecule has 1 nitrogen and oxygen atoms in total. The second-order valence-corrected chi connectivity index (χ2v) is 6.79. The first-order valence-corrected chi connectivity index (χ1v) is 8.30. The van der Waals surface area contributed by atoms with Gasteiger partial charge in [-0.15, -0.1) is 0 Å². The van der Waals surface area contributed by atoms with E-state index in [-0.39, 0.29) is 11.9 Å². The normalized spacial score (nSPS) is 18.5. The largest absolute Gasteiger partial charge is 0.312 e. The highest BCUT2D eigenvalue weighted by molar-refractivity contribution is 7.99. The molecule has 0 radical (unpaired) electrons. The summed E-state index contributed by atoms with van der Waals surface area (Å²) in [5.74, 6) is 0.871. The Bertz CT molecular complexity index is 402. The molecule has 1 aliphatic carbocycles. The maximum Gasteiger partial charge on any atom is 0.128 e. The summed E-state index contributed by atoms with van der Waals surface area (Å²) < 4.78 is 13.9. The monoisotopic (exact) mass is 281 g/mol. The van der Waals surface area contributed by atoms with Crippen molar-refractivity contribution in [1.82, 2.24) is 5.32 Å². The van der Waals surface area contributed by atoms with E-state index in [2.05, 4.69) is 5.32 Å². The Morgan fingerprint density at radius 2 is 2.05 bits per heavy atom. The molecule has 19 heavy (non-hydrogen) atoms. The lowest BCUT2D eigenvalue weighted by Crippen LogP contribution is -2.22. The first kappa shape index (κ1) is 14.9. The van der Waals surface area contributed by atoms with Crippen LogP contribution < -0.4 is 5.32 Å². The zero-order valence-electron chi connectivity index (χ0n) is 11.9. The summed E-state index contributed by atoms with van der Waals surface area (Å²) in [7, 11) is 1.92. The van der Waals surface area contributed by atoms with E-state index in [1.165, 1.54) is 32.1 Å². The van der Waals surface area contributed by atoms with Crippen LogP contribution in [0.5, 0.6) is 0 Å². The fourth-order valence-electron chi connectivity index (χ4n) is 2.72. The standard InChI is InChI=1S/C16H24FNS/c1-12-8-9-15(17)14(10-12)16(18-2)11-19-13-6-4-3-5-7-13/h8-10,13,16,18H,3-7,11H2,1-2H3. The number of hydrogen-bond acceptors (Lipinski definition) is 2. The molecule has 1 unspecified atom stereocenters. The summed E-state index contributed by atoms with van der Waals surface area (Å²) in [6, 6.07) is 5.50. The summed E-state index contributed by atoms with van der Waals surface area (Å²) in [4.78, 5) is 0. The van der Waals surface area contributed by atoms with Crippen molar-refractivity contribution >= 4 is 11.8 Å². The SMILES string of the molecule is CNC(CSC1CCCCC1)c1cc(C)ccc1F. The summed E-state index contributed by atoms with van der Waals surface area (Å²) in [5, 5.41) is 4.04. The minimum atomic E-state index is -0.0887. The molecule has 106 valence electrons. The van der Waals surface area contributed by atoms with Crippen LogP contribution in [0.15, 0.2) is 18.2 Å². The van der Waals surface area contributed by atoms with Crippen molar-refractivity contribution < 1.29 is 4.39 Å². The Balaban J connectivity index is 1.97. The molecule has 0 aliphatic heterocycles. The fraction of sp³-hybridized carbons (Fsp3) is 0.625. The number of benzene rings is 1. The number of rotatable bonds is 5. The number of halogens is 1. The molecular formula is C16H24FNS. The molecule has 1 saturated carbocycles. The van der Waals surface area contributed by atoms with E-state index in [1.807, 2.05) is 37.9 Å². The number of nitrogens with one attached hydrogen (secondary N) is 1. The highest BCUT2D eigenvalue weighted by Gasteiger charge is 2.19. The molecule has 3 heteroatoms. The number of hydrogen-bond donors (Lipinski definition) is 1. The van der Waals surface area contributed by atoms with Crippen LogP contribution in [0.4, 0.5) is 4.39 Å². The van der Waals surface area contributed by atoms with Crippen LogP contribution >= 0.6 is 11.8 Å². The van der Waals surface area contributed by atoms with Gasteiger partial charge in [-0.1, -0.05) is 37.0 Å². The second-order valence-electron chi connectivity index (χ2n) is 5.46. The first-order valence-electron chi connectivity index (χ1n) is 7.25. The van der Waals surface area contributed by atoms with Gasteiger partial charge in [0.05, 0.1) is 0 Å². The zero-order valence-corrected chi connectivity index (χ0v) is 12.7. The molecule has 0 spiro atoms. The minimum absolute atomic E-state index is 0.0887. The molecular weight excluding hydrogens is 257 g/mol. The Morgan fingerprint density at radius 3 is 2.74 bits per heavy atom. The lowest BCUT2D eigenvalue weighted by molar-refractivity contribution is 0.514. The van der Waals surface area contributed by atoms with Crippen LogP contribution in [0, 0.1) is 12.7 Å². The molecule has 1 aromatic rings. The van der Waals surface area contributed by atoms with Gasteiger partial charge in [0, 0.05) is 22.6 Å².